The molecule has 9 heteroatoms. The van der Waals surface area contributed by atoms with Gasteiger partial charge in [0.25, 0.3) is 0 Å². The van der Waals surface area contributed by atoms with Crippen molar-refractivity contribution in [2.45, 2.75) is 45.3 Å². The second kappa shape index (κ2) is 8.72. The number of benzene rings is 1. The van der Waals surface area contributed by atoms with Gasteiger partial charge in [-0.1, -0.05) is 12.1 Å². The molecule has 0 saturated carbocycles. The Balaban J connectivity index is 1.32. The lowest BCUT2D eigenvalue weighted by atomic mass is 10.1. The number of carbonyl (C=O) groups excluding carboxylic acids is 1. The molecule has 0 bridgehead atoms. The standard InChI is InChI=1S/C25H28N6O2S/c1-25(2,3)33-24(32)30-10-8-18(9-11-30)31-15-17(14-28-31)16-12-19(22(26)27-13-16)23-29-20-6-4-5-7-21(20)34-23/h4-7,12-15,18H,8-11H2,1-3H3,(H2,26,27). The Hall–Kier alpha value is -3.46. The first kappa shape index (κ1) is 22.3. The summed E-state index contributed by atoms with van der Waals surface area (Å²) in [4.78, 5) is 23.3. The van der Waals surface area contributed by atoms with Gasteiger partial charge < -0.3 is 15.4 Å². The second-order valence-corrected chi connectivity index (χ2v) is 10.6. The maximum absolute atomic E-state index is 12.3. The van der Waals surface area contributed by atoms with Crippen LogP contribution in [0.1, 0.15) is 39.7 Å². The summed E-state index contributed by atoms with van der Waals surface area (Å²) in [5.74, 6) is 0.463. The molecule has 0 atom stereocenters. The Kier molecular flexibility index (Phi) is 5.73. The molecule has 8 nitrogen and oxygen atoms in total. The lowest BCUT2D eigenvalue weighted by Crippen LogP contribution is -2.42. The molecule has 1 aromatic carbocycles. The van der Waals surface area contributed by atoms with Crippen molar-refractivity contribution in [3.63, 3.8) is 0 Å². The molecule has 5 rings (SSSR count). The van der Waals surface area contributed by atoms with E-state index in [1.165, 1.54) is 0 Å². The molecule has 1 aliphatic heterocycles. The number of anilines is 1. The van der Waals surface area contributed by atoms with Gasteiger partial charge in [-0.3, -0.25) is 4.68 Å². The van der Waals surface area contributed by atoms with Crippen molar-refractivity contribution >= 4 is 33.5 Å². The van der Waals surface area contributed by atoms with Crippen molar-refractivity contribution in [3.8, 4) is 21.7 Å². The average Bonchev–Trinajstić information content (AvgIpc) is 3.46. The number of ether oxygens (including phenoxy) is 1. The summed E-state index contributed by atoms with van der Waals surface area (Å²) in [7, 11) is 0. The molecule has 0 unspecified atom stereocenters. The minimum absolute atomic E-state index is 0.234. The van der Waals surface area contributed by atoms with Gasteiger partial charge in [0.2, 0.25) is 0 Å². The van der Waals surface area contributed by atoms with Crippen LogP contribution in [0.2, 0.25) is 0 Å². The number of aromatic nitrogens is 4. The molecular formula is C25H28N6O2S. The number of amides is 1. The minimum Gasteiger partial charge on any atom is -0.444 e. The largest absolute Gasteiger partial charge is 0.444 e. The maximum atomic E-state index is 12.3. The summed E-state index contributed by atoms with van der Waals surface area (Å²) >= 11 is 1.61. The molecule has 0 radical (unpaired) electrons. The SMILES string of the molecule is CC(C)(C)OC(=O)N1CCC(n2cc(-c3cnc(N)c(-c4nc5ccccc5s4)c3)cn2)CC1. The summed E-state index contributed by atoms with van der Waals surface area (Å²) in [5.41, 5.74) is 9.44. The van der Waals surface area contributed by atoms with E-state index in [-0.39, 0.29) is 12.1 Å². The number of piperidine rings is 1. The van der Waals surface area contributed by atoms with Gasteiger partial charge in [0.15, 0.2) is 0 Å². The third-order valence-electron chi connectivity index (χ3n) is 5.87. The fourth-order valence-electron chi connectivity index (χ4n) is 4.12. The lowest BCUT2D eigenvalue weighted by Gasteiger charge is -2.33. The summed E-state index contributed by atoms with van der Waals surface area (Å²) in [5, 5.41) is 5.47. The van der Waals surface area contributed by atoms with Crippen molar-refractivity contribution in [2.75, 3.05) is 18.8 Å². The number of para-hydroxylation sites is 1. The van der Waals surface area contributed by atoms with Crippen LogP contribution in [0.3, 0.4) is 0 Å². The number of nitrogen functional groups attached to an aromatic ring is 1. The number of nitrogens with two attached hydrogens (primary N) is 1. The highest BCUT2D eigenvalue weighted by atomic mass is 32.1. The topological polar surface area (TPSA) is 99.2 Å². The Morgan fingerprint density at radius 3 is 2.65 bits per heavy atom. The number of carbonyl (C=O) groups is 1. The number of rotatable bonds is 3. The highest BCUT2D eigenvalue weighted by molar-refractivity contribution is 7.21. The normalized spacial score (nSPS) is 15.1. The highest BCUT2D eigenvalue weighted by Crippen LogP contribution is 2.35. The van der Waals surface area contributed by atoms with Gasteiger partial charge in [-0.25, -0.2) is 14.8 Å². The van der Waals surface area contributed by atoms with E-state index in [9.17, 15) is 4.79 Å². The lowest BCUT2D eigenvalue weighted by molar-refractivity contribution is 0.0185. The molecule has 3 aromatic heterocycles. The first-order valence-corrected chi connectivity index (χ1v) is 12.2. The maximum Gasteiger partial charge on any atom is 0.410 e. The van der Waals surface area contributed by atoms with Crippen molar-refractivity contribution in [1.82, 2.24) is 24.6 Å². The molecule has 1 amide bonds. The van der Waals surface area contributed by atoms with Gasteiger partial charge in [0, 0.05) is 36.6 Å². The zero-order valence-corrected chi connectivity index (χ0v) is 20.4. The average molecular weight is 477 g/mol. The Bertz CT molecular complexity index is 1300. The van der Waals surface area contributed by atoms with Crippen molar-refractivity contribution in [3.05, 3.63) is 48.9 Å². The summed E-state index contributed by atoms with van der Waals surface area (Å²) in [6.45, 7) is 6.96. The molecule has 1 saturated heterocycles. The van der Waals surface area contributed by atoms with Crippen molar-refractivity contribution in [2.24, 2.45) is 0 Å². The molecule has 0 spiro atoms. The van der Waals surface area contributed by atoms with E-state index >= 15 is 0 Å². The molecule has 4 aromatic rings. The molecule has 34 heavy (non-hydrogen) atoms. The van der Waals surface area contributed by atoms with Gasteiger partial charge in [-0.05, 0) is 51.8 Å². The second-order valence-electron chi connectivity index (χ2n) is 9.55. The van der Waals surface area contributed by atoms with E-state index in [1.807, 2.05) is 62.1 Å². The predicted octanol–water partition coefficient (Wildman–Crippen LogP) is 5.38. The number of hydrogen-bond donors (Lipinski definition) is 1. The van der Waals surface area contributed by atoms with Crippen LogP contribution in [0.4, 0.5) is 10.6 Å². The summed E-state index contributed by atoms with van der Waals surface area (Å²) < 4.78 is 8.61. The van der Waals surface area contributed by atoms with E-state index in [4.69, 9.17) is 15.5 Å². The monoisotopic (exact) mass is 476 g/mol. The number of thiazole rings is 1. The zero-order valence-electron chi connectivity index (χ0n) is 19.6. The first-order valence-electron chi connectivity index (χ1n) is 11.4. The molecular weight excluding hydrogens is 448 g/mol. The number of nitrogens with zero attached hydrogens (tertiary/aromatic N) is 5. The molecule has 1 fully saturated rings. The summed E-state index contributed by atoms with van der Waals surface area (Å²) in [6.07, 6.45) is 7.09. The van der Waals surface area contributed by atoms with E-state index < -0.39 is 5.60 Å². The zero-order chi connectivity index (χ0) is 23.9. The van der Waals surface area contributed by atoms with E-state index in [0.717, 1.165) is 44.8 Å². The quantitative estimate of drug-likeness (QED) is 0.426. The predicted molar refractivity (Wildman–Crippen MR) is 135 cm³/mol. The van der Waals surface area contributed by atoms with Gasteiger partial charge in [0.05, 0.1) is 28.0 Å². The van der Waals surface area contributed by atoms with Crippen LogP contribution in [-0.2, 0) is 4.74 Å². The van der Waals surface area contributed by atoms with Crippen molar-refractivity contribution < 1.29 is 9.53 Å². The third kappa shape index (κ3) is 4.61. The number of pyridine rings is 1. The Labute approximate surface area is 202 Å². The molecule has 1 aliphatic rings. The number of hydrogen-bond acceptors (Lipinski definition) is 7. The van der Waals surface area contributed by atoms with E-state index in [1.54, 1.807) is 22.4 Å². The van der Waals surface area contributed by atoms with E-state index in [2.05, 4.69) is 16.1 Å². The fourth-order valence-corrected chi connectivity index (χ4v) is 5.11. The number of fused-ring (bicyclic) bond motifs is 1. The van der Waals surface area contributed by atoms with Crippen LogP contribution in [-0.4, -0.2) is 49.4 Å². The van der Waals surface area contributed by atoms with Gasteiger partial charge >= 0.3 is 6.09 Å². The molecule has 0 aliphatic carbocycles. The van der Waals surface area contributed by atoms with Crippen LogP contribution in [0.25, 0.3) is 31.9 Å². The van der Waals surface area contributed by atoms with E-state index in [0.29, 0.717) is 18.9 Å². The first-order chi connectivity index (χ1) is 16.3. The summed E-state index contributed by atoms with van der Waals surface area (Å²) in [6, 6.07) is 10.3. The van der Waals surface area contributed by atoms with Gasteiger partial charge in [0.1, 0.15) is 16.4 Å². The molecule has 4 heterocycles. The van der Waals surface area contributed by atoms with Crippen LogP contribution in [0.15, 0.2) is 48.9 Å². The Morgan fingerprint density at radius 1 is 1.15 bits per heavy atom. The Morgan fingerprint density at radius 2 is 1.91 bits per heavy atom. The smallest absolute Gasteiger partial charge is 0.410 e. The number of likely N-dealkylation sites (tertiary alicyclic amines) is 1. The van der Waals surface area contributed by atoms with Crippen LogP contribution < -0.4 is 5.73 Å². The van der Waals surface area contributed by atoms with Crippen LogP contribution in [0.5, 0.6) is 0 Å². The minimum atomic E-state index is -0.484. The molecule has 2 N–H and O–H groups in total. The molecule has 176 valence electrons. The van der Waals surface area contributed by atoms with Gasteiger partial charge in [-0.15, -0.1) is 11.3 Å². The van der Waals surface area contributed by atoms with Crippen LogP contribution >= 0.6 is 11.3 Å². The fraction of sp³-hybridized carbons (Fsp3) is 0.360. The van der Waals surface area contributed by atoms with Crippen LogP contribution in [0, 0.1) is 0 Å². The third-order valence-corrected chi connectivity index (χ3v) is 6.94. The van der Waals surface area contributed by atoms with Crippen molar-refractivity contribution in [1.29, 1.82) is 0 Å². The highest BCUT2D eigenvalue weighted by Gasteiger charge is 2.28. The van der Waals surface area contributed by atoms with Gasteiger partial charge in [-0.2, -0.15) is 5.10 Å².